The molecule has 6 nitrogen and oxygen atoms in total. The van der Waals surface area contributed by atoms with Crippen molar-refractivity contribution in [1.82, 2.24) is 8.61 Å². The number of carbonyl (C=O) groups is 1. The van der Waals surface area contributed by atoms with Crippen LogP contribution >= 0.6 is 0 Å². The third kappa shape index (κ3) is 2.08. The molecular formula is C12H20N2O4S. The van der Waals surface area contributed by atoms with Crippen LogP contribution in [0.15, 0.2) is 0 Å². The third-order valence-electron chi connectivity index (χ3n) is 4.88. The molecule has 3 fully saturated rings. The number of carboxylic acid groups (broad SMARTS) is 1. The first-order chi connectivity index (χ1) is 8.89. The maximum absolute atomic E-state index is 12.6. The molecule has 4 atom stereocenters. The van der Waals surface area contributed by atoms with E-state index in [1.165, 1.54) is 4.31 Å². The normalized spacial score (nSPS) is 40.1. The summed E-state index contributed by atoms with van der Waals surface area (Å²) in [7, 11) is -3.47. The van der Waals surface area contributed by atoms with E-state index in [0.717, 1.165) is 19.3 Å². The summed E-state index contributed by atoms with van der Waals surface area (Å²) in [6.07, 6.45) is 3.06. The molecule has 0 radical (unpaired) electrons. The van der Waals surface area contributed by atoms with Crippen LogP contribution < -0.4 is 0 Å². The molecule has 2 heterocycles. The molecule has 2 saturated heterocycles. The molecule has 0 spiro atoms. The fourth-order valence-corrected chi connectivity index (χ4v) is 5.78. The summed E-state index contributed by atoms with van der Waals surface area (Å²) in [5.41, 5.74) is 0. The molecule has 0 aromatic rings. The van der Waals surface area contributed by atoms with E-state index < -0.39 is 22.1 Å². The summed E-state index contributed by atoms with van der Waals surface area (Å²) in [4.78, 5) is 11.1. The van der Waals surface area contributed by atoms with E-state index in [-0.39, 0.29) is 18.5 Å². The molecule has 108 valence electrons. The number of rotatable bonds is 3. The zero-order valence-electron chi connectivity index (χ0n) is 11.0. The van der Waals surface area contributed by atoms with Crippen LogP contribution in [0.3, 0.4) is 0 Å². The van der Waals surface area contributed by atoms with Crippen molar-refractivity contribution in [1.29, 1.82) is 0 Å². The molecule has 3 aliphatic rings. The first kappa shape index (κ1) is 13.3. The molecule has 2 aliphatic heterocycles. The minimum absolute atomic E-state index is 0.118. The number of nitrogens with zero attached hydrogens (tertiary/aromatic N) is 2. The molecule has 1 N–H and O–H groups in total. The third-order valence-corrected chi connectivity index (χ3v) is 6.87. The Labute approximate surface area is 113 Å². The second kappa shape index (κ2) is 4.43. The number of carboxylic acids is 1. The Kier molecular flexibility index (Phi) is 3.11. The summed E-state index contributed by atoms with van der Waals surface area (Å²) in [6, 6.07) is 0.147. The van der Waals surface area contributed by atoms with Gasteiger partial charge in [-0.1, -0.05) is 6.92 Å². The van der Waals surface area contributed by atoms with Crippen molar-refractivity contribution in [3.63, 3.8) is 0 Å². The van der Waals surface area contributed by atoms with E-state index >= 15 is 0 Å². The Bertz CT molecular complexity index is 492. The van der Waals surface area contributed by atoms with Crippen molar-refractivity contribution in [2.45, 2.75) is 32.2 Å². The van der Waals surface area contributed by atoms with Crippen molar-refractivity contribution in [2.75, 3.05) is 19.6 Å². The van der Waals surface area contributed by atoms with Crippen molar-refractivity contribution in [2.24, 2.45) is 17.8 Å². The highest BCUT2D eigenvalue weighted by Crippen LogP contribution is 2.40. The average molecular weight is 288 g/mol. The van der Waals surface area contributed by atoms with Gasteiger partial charge < -0.3 is 5.11 Å². The van der Waals surface area contributed by atoms with Crippen LogP contribution in [0.2, 0.25) is 0 Å². The van der Waals surface area contributed by atoms with Crippen molar-refractivity contribution >= 4 is 16.2 Å². The fraction of sp³-hybridized carbons (Fsp3) is 0.917. The van der Waals surface area contributed by atoms with Crippen LogP contribution in [0.25, 0.3) is 0 Å². The van der Waals surface area contributed by atoms with Gasteiger partial charge in [-0.25, -0.2) is 0 Å². The zero-order valence-corrected chi connectivity index (χ0v) is 11.8. The van der Waals surface area contributed by atoms with Crippen LogP contribution in [-0.4, -0.2) is 53.8 Å². The maximum Gasteiger partial charge on any atom is 0.308 e. The molecule has 7 heteroatoms. The van der Waals surface area contributed by atoms with Gasteiger partial charge in [-0.3, -0.25) is 4.79 Å². The Morgan fingerprint density at radius 3 is 2.42 bits per heavy atom. The molecule has 3 rings (SSSR count). The Balaban J connectivity index is 1.77. The lowest BCUT2D eigenvalue weighted by atomic mass is 9.99. The van der Waals surface area contributed by atoms with Crippen LogP contribution in [-0.2, 0) is 15.0 Å². The number of aliphatic carboxylic acids is 1. The van der Waals surface area contributed by atoms with E-state index in [4.69, 9.17) is 5.11 Å². The van der Waals surface area contributed by atoms with Gasteiger partial charge in [-0.15, -0.1) is 0 Å². The lowest BCUT2D eigenvalue weighted by Crippen LogP contribution is -2.46. The van der Waals surface area contributed by atoms with E-state index in [1.54, 1.807) is 4.31 Å². The number of piperidine rings is 1. The molecule has 0 aromatic heterocycles. The molecule has 2 unspecified atom stereocenters. The first-order valence-corrected chi connectivity index (χ1v) is 8.29. The second-order valence-corrected chi connectivity index (χ2v) is 8.03. The second-order valence-electron chi connectivity index (χ2n) is 6.15. The Hall–Kier alpha value is -0.660. The lowest BCUT2D eigenvalue weighted by Gasteiger charge is -2.30. The van der Waals surface area contributed by atoms with Gasteiger partial charge in [0.1, 0.15) is 0 Å². The summed E-state index contributed by atoms with van der Waals surface area (Å²) in [5.74, 6) is -1.08. The van der Waals surface area contributed by atoms with Crippen LogP contribution in [0.5, 0.6) is 0 Å². The minimum atomic E-state index is -3.47. The van der Waals surface area contributed by atoms with Crippen LogP contribution in [0.1, 0.15) is 26.2 Å². The highest BCUT2D eigenvalue weighted by atomic mass is 32.2. The van der Waals surface area contributed by atoms with E-state index in [9.17, 15) is 13.2 Å². The van der Waals surface area contributed by atoms with Gasteiger partial charge >= 0.3 is 5.97 Å². The minimum Gasteiger partial charge on any atom is -0.481 e. The highest BCUT2D eigenvalue weighted by Gasteiger charge is 2.49. The molecule has 1 aliphatic carbocycles. The number of hydrogen-bond donors (Lipinski definition) is 1. The van der Waals surface area contributed by atoms with Gasteiger partial charge in [-0.2, -0.15) is 17.0 Å². The standard InChI is InChI=1S/C12H20N2O4S/c1-8-5-13(7-11(8)12(15)16)19(17,18)14-6-9-2-3-10(14)4-9/h8-11H,2-7H2,1H3,(H,15,16)/t8-,9?,10?,11-/m1/s1. The zero-order chi connectivity index (χ0) is 13.8. The van der Waals surface area contributed by atoms with Crippen molar-refractivity contribution in [3.8, 4) is 0 Å². The smallest absolute Gasteiger partial charge is 0.308 e. The van der Waals surface area contributed by atoms with Gasteiger partial charge in [0.2, 0.25) is 0 Å². The predicted octanol–water partition coefficient (Wildman–Crippen LogP) is 0.368. The average Bonchev–Trinajstić information content (AvgIpc) is 3.01. The van der Waals surface area contributed by atoms with Gasteiger partial charge in [-0.05, 0) is 31.1 Å². The predicted molar refractivity (Wildman–Crippen MR) is 68.6 cm³/mol. The topological polar surface area (TPSA) is 77.9 Å². The van der Waals surface area contributed by atoms with E-state index in [2.05, 4.69) is 0 Å². The highest BCUT2D eigenvalue weighted by molar-refractivity contribution is 7.86. The van der Waals surface area contributed by atoms with Crippen molar-refractivity contribution in [3.05, 3.63) is 0 Å². The monoisotopic (exact) mass is 288 g/mol. The fourth-order valence-electron chi connectivity index (χ4n) is 3.74. The summed E-state index contributed by atoms with van der Waals surface area (Å²) in [6.45, 7) is 2.87. The quantitative estimate of drug-likeness (QED) is 0.814. The summed E-state index contributed by atoms with van der Waals surface area (Å²) in [5, 5.41) is 9.10. The number of fused-ring (bicyclic) bond motifs is 2. The summed E-state index contributed by atoms with van der Waals surface area (Å²) < 4.78 is 28.2. The molecule has 0 amide bonds. The molecule has 19 heavy (non-hydrogen) atoms. The molecule has 0 aromatic carbocycles. The first-order valence-electron chi connectivity index (χ1n) is 6.89. The molecular weight excluding hydrogens is 268 g/mol. The van der Waals surface area contributed by atoms with Crippen molar-refractivity contribution < 1.29 is 18.3 Å². The van der Waals surface area contributed by atoms with E-state index in [0.29, 0.717) is 19.0 Å². The number of hydrogen-bond acceptors (Lipinski definition) is 3. The van der Waals surface area contributed by atoms with Gasteiger partial charge in [0.15, 0.2) is 0 Å². The lowest BCUT2D eigenvalue weighted by molar-refractivity contribution is -0.142. The Morgan fingerprint density at radius 1 is 1.21 bits per heavy atom. The SMILES string of the molecule is C[C@@H]1CN(S(=O)(=O)N2CC3CCC2C3)C[C@H]1C(=O)O. The summed E-state index contributed by atoms with van der Waals surface area (Å²) >= 11 is 0. The maximum atomic E-state index is 12.6. The van der Waals surface area contributed by atoms with Gasteiger partial charge in [0.25, 0.3) is 10.2 Å². The largest absolute Gasteiger partial charge is 0.481 e. The van der Waals surface area contributed by atoms with Gasteiger partial charge in [0, 0.05) is 25.7 Å². The van der Waals surface area contributed by atoms with E-state index in [1.807, 2.05) is 6.92 Å². The van der Waals surface area contributed by atoms with Gasteiger partial charge in [0.05, 0.1) is 5.92 Å². The Morgan fingerprint density at radius 2 is 1.95 bits per heavy atom. The van der Waals surface area contributed by atoms with Crippen LogP contribution in [0.4, 0.5) is 0 Å². The molecule has 1 saturated carbocycles. The van der Waals surface area contributed by atoms with Crippen LogP contribution in [0, 0.1) is 17.8 Å². The molecule has 2 bridgehead atoms.